The molecule has 0 N–H and O–H groups in total. The summed E-state index contributed by atoms with van der Waals surface area (Å²) < 4.78 is 13.9. The lowest BCUT2D eigenvalue weighted by molar-refractivity contribution is -0.156. The zero-order chi connectivity index (χ0) is 23.5. The van der Waals surface area contributed by atoms with Crippen LogP contribution in [0.1, 0.15) is 64.5 Å². The summed E-state index contributed by atoms with van der Waals surface area (Å²) in [4.78, 5) is 48.4. The second-order valence-electron chi connectivity index (χ2n) is 9.32. The predicted octanol–water partition coefficient (Wildman–Crippen LogP) is 2.88. The minimum Gasteiger partial charge on any atom is -0.460 e. The van der Waals surface area contributed by atoms with Gasteiger partial charge in [0.2, 0.25) is 0 Å². The molecule has 32 heavy (non-hydrogen) atoms. The van der Waals surface area contributed by atoms with E-state index in [9.17, 15) is 19.2 Å². The Morgan fingerprint density at radius 2 is 1.88 bits per heavy atom. The number of rotatable bonds is 8. The van der Waals surface area contributed by atoms with E-state index >= 15 is 0 Å². The van der Waals surface area contributed by atoms with Gasteiger partial charge in [-0.3, -0.25) is 23.5 Å². The Bertz CT molecular complexity index is 1070. The van der Waals surface area contributed by atoms with E-state index in [1.165, 1.54) is 4.57 Å². The molecule has 0 bridgehead atoms. The van der Waals surface area contributed by atoms with E-state index in [2.05, 4.69) is 0 Å². The number of Topliss-reactive ketones (excluding diaryl/α,β-unsaturated/α-hetero) is 2. The molecule has 1 aliphatic carbocycles. The van der Waals surface area contributed by atoms with E-state index in [1.807, 2.05) is 39.0 Å². The van der Waals surface area contributed by atoms with Gasteiger partial charge in [-0.1, -0.05) is 6.07 Å². The molecule has 2 aromatic rings. The highest BCUT2D eigenvalue weighted by molar-refractivity contribution is 6.03. The average molecular weight is 445 g/mol. The van der Waals surface area contributed by atoms with Crippen molar-refractivity contribution in [2.75, 3.05) is 13.2 Å². The van der Waals surface area contributed by atoms with Crippen molar-refractivity contribution in [1.82, 2.24) is 9.13 Å². The van der Waals surface area contributed by atoms with Crippen LogP contribution in [0.4, 0.5) is 0 Å². The van der Waals surface area contributed by atoms with Gasteiger partial charge in [-0.2, -0.15) is 0 Å². The van der Waals surface area contributed by atoms with Crippen LogP contribution in [0.3, 0.4) is 0 Å². The lowest BCUT2D eigenvalue weighted by atomic mass is 9.92. The van der Waals surface area contributed by atoms with E-state index in [-0.39, 0.29) is 36.1 Å². The van der Waals surface area contributed by atoms with Crippen molar-refractivity contribution in [3.63, 3.8) is 0 Å². The van der Waals surface area contributed by atoms with Gasteiger partial charge in [0.25, 0.3) is 0 Å². The number of ketones is 2. The standard InChI is InChI=1S/C24H32N2O6/c1-24(2,3)32-22(29)11-13-31-12-5-6-16-7-9-18-20(14-16)25(4)23(30)26(18)19-10-8-17(27)15-21(19)28/h7,9,14,19H,5-6,8,10-13,15H2,1-4H3. The molecule has 0 saturated heterocycles. The number of nitrogens with zero attached hydrogens (tertiary/aromatic N) is 2. The molecule has 8 heteroatoms. The molecule has 0 spiro atoms. The maximum Gasteiger partial charge on any atom is 0.329 e. The Morgan fingerprint density at radius 1 is 1.12 bits per heavy atom. The van der Waals surface area contributed by atoms with Crippen LogP contribution < -0.4 is 5.69 Å². The highest BCUT2D eigenvalue weighted by atomic mass is 16.6. The number of benzene rings is 1. The molecular formula is C24H32N2O6. The van der Waals surface area contributed by atoms with Crippen LogP contribution in [0.5, 0.6) is 0 Å². The molecule has 1 heterocycles. The number of aryl methyl sites for hydroxylation is 2. The first kappa shape index (κ1) is 23.9. The van der Waals surface area contributed by atoms with Gasteiger partial charge >= 0.3 is 11.7 Å². The lowest BCUT2D eigenvalue weighted by Crippen LogP contribution is -2.34. The SMILES string of the molecule is Cn1c(=O)n(C2CCC(=O)CC2=O)c2ccc(CCCOCCC(=O)OC(C)(C)C)cc21. The predicted molar refractivity (Wildman–Crippen MR) is 120 cm³/mol. The Labute approximate surface area is 187 Å². The molecular weight excluding hydrogens is 412 g/mol. The number of esters is 1. The van der Waals surface area contributed by atoms with E-state index in [0.29, 0.717) is 31.6 Å². The third-order valence-corrected chi connectivity index (χ3v) is 5.53. The molecule has 1 aromatic heterocycles. The molecule has 0 aliphatic heterocycles. The first-order valence-corrected chi connectivity index (χ1v) is 11.1. The van der Waals surface area contributed by atoms with Crippen LogP contribution in [0.2, 0.25) is 0 Å². The first-order valence-electron chi connectivity index (χ1n) is 11.1. The van der Waals surface area contributed by atoms with Crippen LogP contribution in [0.25, 0.3) is 11.0 Å². The van der Waals surface area contributed by atoms with Crippen molar-refractivity contribution in [2.24, 2.45) is 7.05 Å². The molecule has 1 unspecified atom stereocenters. The van der Waals surface area contributed by atoms with Gasteiger partial charge in [0, 0.05) is 20.1 Å². The highest BCUT2D eigenvalue weighted by Crippen LogP contribution is 2.26. The molecule has 8 nitrogen and oxygen atoms in total. The molecule has 3 rings (SSSR count). The number of imidazole rings is 1. The molecule has 1 saturated carbocycles. The minimum absolute atomic E-state index is 0.0601. The summed E-state index contributed by atoms with van der Waals surface area (Å²) in [6.45, 7) is 6.34. The number of fused-ring (bicyclic) bond motifs is 1. The van der Waals surface area contributed by atoms with Crippen molar-refractivity contribution in [3.8, 4) is 0 Å². The van der Waals surface area contributed by atoms with Gasteiger partial charge in [0.1, 0.15) is 11.4 Å². The third kappa shape index (κ3) is 5.73. The summed E-state index contributed by atoms with van der Waals surface area (Å²) >= 11 is 0. The van der Waals surface area contributed by atoms with Gasteiger partial charge in [-0.15, -0.1) is 0 Å². The summed E-state index contributed by atoms with van der Waals surface area (Å²) in [5.41, 5.74) is 1.81. The zero-order valence-electron chi connectivity index (χ0n) is 19.3. The Morgan fingerprint density at radius 3 is 2.56 bits per heavy atom. The highest BCUT2D eigenvalue weighted by Gasteiger charge is 2.31. The molecule has 174 valence electrons. The molecule has 1 fully saturated rings. The van der Waals surface area contributed by atoms with Crippen molar-refractivity contribution in [1.29, 1.82) is 0 Å². The van der Waals surface area contributed by atoms with Crippen molar-refractivity contribution in [2.45, 2.75) is 70.9 Å². The third-order valence-electron chi connectivity index (χ3n) is 5.53. The summed E-state index contributed by atoms with van der Waals surface area (Å²) in [5, 5.41) is 0. The second kappa shape index (κ2) is 9.81. The molecule has 1 aliphatic rings. The zero-order valence-corrected chi connectivity index (χ0v) is 19.3. The monoisotopic (exact) mass is 444 g/mol. The lowest BCUT2D eigenvalue weighted by Gasteiger charge is -2.21. The number of aromatic nitrogens is 2. The Hall–Kier alpha value is -2.74. The fourth-order valence-electron chi connectivity index (χ4n) is 4.03. The molecule has 1 atom stereocenters. The van der Waals surface area contributed by atoms with E-state index in [4.69, 9.17) is 9.47 Å². The van der Waals surface area contributed by atoms with Crippen LogP contribution >= 0.6 is 0 Å². The Balaban J connectivity index is 1.58. The maximum atomic E-state index is 12.8. The summed E-state index contributed by atoms with van der Waals surface area (Å²) in [6, 6.07) is 5.22. The fraction of sp³-hybridized carbons (Fsp3) is 0.583. The summed E-state index contributed by atoms with van der Waals surface area (Å²) in [7, 11) is 1.70. The van der Waals surface area contributed by atoms with Crippen LogP contribution in [0, 0.1) is 0 Å². The number of carbonyl (C=O) groups is 3. The quantitative estimate of drug-likeness (QED) is 0.353. The smallest absolute Gasteiger partial charge is 0.329 e. The topological polar surface area (TPSA) is 96.6 Å². The van der Waals surface area contributed by atoms with E-state index in [0.717, 1.165) is 23.9 Å². The van der Waals surface area contributed by atoms with E-state index < -0.39 is 11.6 Å². The summed E-state index contributed by atoms with van der Waals surface area (Å²) in [6.07, 6.45) is 2.37. The van der Waals surface area contributed by atoms with Crippen molar-refractivity contribution >= 4 is 28.6 Å². The molecule has 1 aromatic carbocycles. The Kier molecular flexibility index (Phi) is 7.33. The average Bonchev–Trinajstić information content (AvgIpc) is 2.94. The summed E-state index contributed by atoms with van der Waals surface area (Å²) in [5.74, 6) is -0.521. The second-order valence-corrected chi connectivity index (χ2v) is 9.32. The molecule has 0 amide bonds. The van der Waals surface area contributed by atoms with Crippen molar-refractivity contribution in [3.05, 3.63) is 34.2 Å². The number of hydrogen-bond acceptors (Lipinski definition) is 6. The van der Waals surface area contributed by atoms with Gasteiger partial charge in [0.05, 0.1) is 36.5 Å². The molecule has 0 radical (unpaired) electrons. The van der Waals surface area contributed by atoms with Gasteiger partial charge in [-0.05, 0) is 57.7 Å². The normalized spacial score (nSPS) is 17.2. The number of hydrogen-bond donors (Lipinski definition) is 0. The van der Waals surface area contributed by atoms with Gasteiger partial charge in [0.15, 0.2) is 5.78 Å². The largest absolute Gasteiger partial charge is 0.460 e. The van der Waals surface area contributed by atoms with E-state index in [1.54, 1.807) is 11.6 Å². The fourth-order valence-corrected chi connectivity index (χ4v) is 4.03. The van der Waals surface area contributed by atoms with Gasteiger partial charge in [-0.25, -0.2) is 4.79 Å². The number of ether oxygens (including phenoxy) is 2. The first-order chi connectivity index (χ1) is 15.1. The minimum atomic E-state index is -0.576. The van der Waals surface area contributed by atoms with Gasteiger partial charge < -0.3 is 9.47 Å². The van der Waals surface area contributed by atoms with Crippen LogP contribution in [0.15, 0.2) is 23.0 Å². The van der Waals surface area contributed by atoms with Crippen LogP contribution in [-0.4, -0.2) is 45.5 Å². The van der Waals surface area contributed by atoms with Crippen LogP contribution in [-0.2, 0) is 37.3 Å². The number of carbonyl (C=O) groups excluding carboxylic acids is 3. The van der Waals surface area contributed by atoms with Crippen molar-refractivity contribution < 1.29 is 23.9 Å². The maximum absolute atomic E-state index is 12.8.